The van der Waals surface area contributed by atoms with Gasteiger partial charge in [-0.1, -0.05) is 206 Å². The fourth-order valence-electron chi connectivity index (χ4n) is 10.1. The van der Waals surface area contributed by atoms with Gasteiger partial charge in [0.2, 0.25) is 0 Å². The van der Waals surface area contributed by atoms with E-state index in [4.69, 9.17) is 42.6 Å². The maximum absolute atomic E-state index is 12.3. The van der Waals surface area contributed by atoms with Gasteiger partial charge in [-0.25, -0.2) is 4.90 Å². The van der Waals surface area contributed by atoms with Gasteiger partial charge in [0, 0.05) is 11.1 Å². The molecule has 0 radical (unpaired) electrons. The van der Waals surface area contributed by atoms with Gasteiger partial charge in [0.05, 0.1) is 58.9 Å². The number of benzene rings is 7. The van der Waals surface area contributed by atoms with E-state index in [2.05, 4.69) is 0 Å². The Balaban J connectivity index is 1.06. The highest BCUT2D eigenvalue weighted by Crippen LogP contribution is 2.45. The van der Waals surface area contributed by atoms with Crippen LogP contribution in [0, 0.1) is 0 Å². The molecule has 7 aromatic rings. The lowest BCUT2D eigenvalue weighted by Gasteiger charge is -2.51. The maximum atomic E-state index is 12.3. The Kier molecular flexibility index (Phi) is 18.3. The number of fused-ring (bicyclic) bond motifs is 1. The number of hydrogen-bond donors (Lipinski definition) is 3. The third-order valence-corrected chi connectivity index (χ3v) is 13.9. The Morgan fingerprint density at radius 2 is 0.680 bits per heavy atom. The Morgan fingerprint density at radius 3 is 1.09 bits per heavy atom. The molecule has 0 aliphatic carbocycles. The smallest absolute Gasteiger partial charge is 0.187 e. The van der Waals surface area contributed by atoms with Crippen molar-refractivity contribution < 1.29 is 58.0 Å². The Hall–Kier alpha value is -5.98. The molecule has 75 heavy (non-hydrogen) atoms. The first-order valence-electron chi connectivity index (χ1n) is 25.7. The molecule has 10 rings (SSSR count). The molecular weight excluding hydrogens is 951 g/mol. The summed E-state index contributed by atoms with van der Waals surface area (Å²) >= 11 is 0. The minimum Gasteiger partial charge on any atom is -0.374 e. The number of ether oxygens (including phenoxy) is 9. The average Bonchev–Trinajstić information content (AvgIpc) is 3.73. The summed E-state index contributed by atoms with van der Waals surface area (Å²) in [5, 5.41) is 36.5. The molecule has 3 aliphatic heterocycles. The largest absolute Gasteiger partial charge is 0.374 e. The monoisotopic (exact) mass is 1020 g/mol. The molecule has 3 N–H and O–H groups in total. The van der Waals surface area contributed by atoms with Crippen LogP contribution in [-0.4, -0.2) is 94.8 Å². The van der Waals surface area contributed by atoms with Crippen molar-refractivity contribution in [3.8, 4) is 0 Å². The molecule has 0 amide bonds. The van der Waals surface area contributed by atoms with Crippen molar-refractivity contribution in [1.29, 1.82) is 0 Å². The van der Waals surface area contributed by atoms with E-state index in [1.807, 2.05) is 182 Å². The lowest BCUT2D eigenvalue weighted by atomic mass is 9.93. The highest BCUT2D eigenvalue weighted by molar-refractivity contribution is 5.35. The third-order valence-electron chi connectivity index (χ3n) is 13.9. The number of rotatable bonds is 23. The van der Waals surface area contributed by atoms with Gasteiger partial charge in [-0.2, -0.15) is 0 Å². The van der Waals surface area contributed by atoms with Crippen LogP contribution < -0.4 is 0 Å². The maximum Gasteiger partial charge on any atom is 0.187 e. The van der Waals surface area contributed by atoms with Crippen molar-refractivity contribution in [1.82, 2.24) is 4.90 Å². The molecule has 3 heterocycles. The summed E-state index contributed by atoms with van der Waals surface area (Å²) < 4.78 is 62.3. The quantitative estimate of drug-likeness (QED) is 0.0561. The lowest BCUT2D eigenvalue weighted by molar-refractivity contribution is -0.372. The van der Waals surface area contributed by atoms with Crippen molar-refractivity contribution in [2.75, 3.05) is 13.2 Å². The summed E-state index contributed by atoms with van der Waals surface area (Å²) in [6.45, 7) is 1.24. The summed E-state index contributed by atoms with van der Waals surface area (Å²) in [6.07, 6.45) is -12.1. The SMILES string of the molecule is OC1c2ccccc2C(O)N1[C@H]1[C@H](OCc2ccccc2)[C@@H](O[C@H]2O[C@@H](COCc3ccccc3)[C@@H](OCc3ccccc3)[C@@H](OCc3ccccc3)[C@@H]2OCc2ccccc2)[C@H](COCc2ccccc2)O[C@@H]1O. The fourth-order valence-corrected chi connectivity index (χ4v) is 10.1. The van der Waals surface area contributed by atoms with E-state index in [1.54, 1.807) is 24.3 Å². The first kappa shape index (κ1) is 52.5. The number of aliphatic hydroxyl groups is 3. The second-order valence-electron chi connectivity index (χ2n) is 19.1. The first-order chi connectivity index (χ1) is 37.0. The molecule has 0 saturated carbocycles. The minimum atomic E-state index is -1.61. The van der Waals surface area contributed by atoms with E-state index in [0.29, 0.717) is 17.7 Å². The molecule has 7 aromatic carbocycles. The van der Waals surface area contributed by atoms with Gasteiger partial charge in [0.1, 0.15) is 55.2 Å². The Bertz CT molecular complexity index is 2720. The van der Waals surface area contributed by atoms with Crippen LogP contribution >= 0.6 is 0 Å². The van der Waals surface area contributed by atoms with Crippen LogP contribution in [0.5, 0.6) is 0 Å². The zero-order valence-electron chi connectivity index (χ0n) is 41.7. The number of hydrogen-bond acceptors (Lipinski definition) is 13. The summed E-state index contributed by atoms with van der Waals surface area (Å²) in [7, 11) is 0. The third kappa shape index (κ3) is 13.4. The topological polar surface area (TPSA) is 147 Å². The van der Waals surface area contributed by atoms with Crippen LogP contribution in [-0.2, 0) is 82.3 Å². The first-order valence-corrected chi connectivity index (χ1v) is 25.7. The van der Waals surface area contributed by atoms with Gasteiger partial charge < -0.3 is 58.0 Å². The van der Waals surface area contributed by atoms with Gasteiger partial charge in [-0.15, -0.1) is 0 Å². The van der Waals surface area contributed by atoms with Crippen molar-refractivity contribution >= 4 is 0 Å². The van der Waals surface area contributed by atoms with Gasteiger partial charge in [0.15, 0.2) is 12.6 Å². The molecule has 3 aliphatic rings. The fraction of sp³-hybridized carbons (Fsp3) is 0.323. The Labute approximate surface area is 438 Å². The molecule has 2 fully saturated rings. The van der Waals surface area contributed by atoms with E-state index in [-0.39, 0.29) is 46.2 Å². The number of nitrogens with zero attached hydrogens (tertiary/aromatic N) is 1. The highest BCUT2D eigenvalue weighted by Gasteiger charge is 2.57. The normalized spacial score (nSPS) is 26.7. The van der Waals surface area contributed by atoms with Crippen LogP contribution in [0.15, 0.2) is 206 Å². The molecule has 2 unspecified atom stereocenters. The van der Waals surface area contributed by atoms with Crippen molar-refractivity contribution in [3.63, 3.8) is 0 Å². The van der Waals surface area contributed by atoms with Crippen LogP contribution in [0.25, 0.3) is 0 Å². The van der Waals surface area contributed by atoms with Gasteiger partial charge in [0.25, 0.3) is 0 Å². The molecule has 2 saturated heterocycles. The number of aliphatic hydroxyl groups excluding tert-OH is 3. The van der Waals surface area contributed by atoms with E-state index >= 15 is 0 Å². The zero-order chi connectivity index (χ0) is 51.2. The van der Waals surface area contributed by atoms with E-state index < -0.39 is 73.8 Å². The van der Waals surface area contributed by atoms with Crippen LogP contribution in [0.4, 0.5) is 0 Å². The van der Waals surface area contributed by atoms with E-state index in [9.17, 15) is 15.3 Å². The van der Waals surface area contributed by atoms with Gasteiger partial charge in [-0.3, -0.25) is 0 Å². The molecule has 0 spiro atoms. The Morgan fingerprint density at radius 1 is 0.347 bits per heavy atom. The van der Waals surface area contributed by atoms with E-state index in [1.165, 1.54) is 4.90 Å². The molecule has 0 aromatic heterocycles. The molecule has 13 heteroatoms. The van der Waals surface area contributed by atoms with Crippen LogP contribution in [0.1, 0.15) is 57.0 Å². The molecule has 0 bridgehead atoms. The summed E-state index contributed by atoms with van der Waals surface area (Å²) in [5.74, 6) is 0. The minimum absolute atomic E-state index is 0.0531. The average molecular weight is 1020 g/mol. The second-order valence-corrected chi connectivity index (χ2v) is 19.1. The molecular formula is C62H65NO12. The zero-order valence-corrected chi connectivity index (χ0v) is 41.7. The van der Waals surface area contributed by atoms with Gasteiger partial charge in [-0.05, 0) is 33.4 Å². The lowest BCUT2D eigenvalue weighted by Crippen LogP contribution is -2.68. The second kappa shape index (κ2) is 26.2. The predicted molar refractivity (Wildman–Crippen MR) is 279 cm³/mol. The standard InChI is InChI=1S/C62H65NO12/c64-59-49-33-19-20-34-50(49)60(65)63(59)53-56(70-38-46-27-13-4-14-28-46)55(52(73-61(53)66)42-68-36-44-23-9-2-10-24-44)75-62-58(72-40-48-31-17-6-18-32-48)57(71-39-47-29-15-5-16-30-47)54(69-37-45-25-11-3-12-26-45)51(74-62)41-67-35-43-21-7-1-8-22-43/h1-34,51-62,64-66H,35-42H2/t51-,52-,53-,54+,55-,56-,57+,58-,59?,60?,61-,62+/m0/s1. The highest BCUT2D eigenvalue weighted by atomic mass is 16.7. The van der Waals surface area contributed by atoms with Crippen LogP contribution in [0.3, 0.4) is 0 Å². The predicted octanol–water partition coefficient (Wildman–Crippen LogP) is 8.96. The summed E-state index contributed by atoms with van der Waals surface area (Å²) in [4.78, 5) is 1.42. The van der Waals surface area contributed by atoms with Crippen molar-refractivity contribution in [3.05, 3.63) is 251 Å². The van der Waals surface area contributed by atoms with Crippen molar-refractivity contribution in [2.45, 2.75) is 113 Å². The van der Waals surface area contributed by atoms with Gasteiger partial charge >= 0.3 is 0 Å². The molecule has 390 valence electrons. The molecule has 13 nitrogen and oxygen atoms in total. The summed E-state index contributed by atoms with van der Waals surface area (Å²) in [5.41, 5.74) is 6.56. The summed E-state index contributed by atoms with van der Waals surface area (Å²) in [6, 6.07) is 64.9. The molecule has 12 atom stereocenters. The van der Waals surface area contributed by atoms with E-state index in [0.717, 1.165) is 33.4 Å². The van der Waals surface area contributed by atoms with Crippen LogP contribution in [0.2, 0.25) is 0 Å². The van der Waals surface area contributed by atoms with Crippen molar-refractivity contribution in [2.24, 2.45) is 0 Å².